The molecule has 0 radical (unpaired) electrons. The summed E-state index contributed by atoms with van der Waals surface area (Å²) in [7, 11) is 0. The molecule has 3 nitrogen and oxygen atoms in total. The van der Waals surface area contributed by atoms with Crippen LogP contribution in [0.4, 0.5) is 0 Å². The first-order valence-corrected chi connectivity index (χ1v) is 9.86. The Hall–Kier alpha value is -1.07. The van der Waals surface area contributed by atoms with Gasteiger partial charge in [-0.2, -0.15) is 0 Å². The third-order valence-electron chi connectivity index (χ3n) is 4.53. The Morgan fingerprint density at radius 1 is 1.17 bits per heavy atom. The first-order valence-electron chi connectivity index (χ1n) is 8.22. The molecular weight excluding hydrogens is 363 g/mol. The summed E-state index contributed by atoms with van der Waals surface area (Å²) in [5.41, 5.74) is 0.694. The van der Waals surface area contributed by atoms with Crippen molar-refractivity contribution in [3.8, 4) is 0 Å². The number of nitrogens with one attached hydrogen (secondary N) is 2. The number of hydrogen-bond donors (Lipinski definition) is 2. The van der Waals surface area contributed by atoms with E-state index in [1.165, 1.54) is 30.8 Å². The van der Waals surface area contributed by atoms with E-state index >= 15 is 0 Å². The fraction of sp³-hybridized carbons (Fsp3) is 0.389. The van der Waals surface area contributed by atoms with Crippen LogP contribution < -0.4 is 10.2 Å². The molecule has 128 valence electrons. The number of halogens is 2. The molecule has 6 heteroatoms. The van der Waals surface area contributed by atoms with E-state index in [9.17, 15) is 4.79 Å². The van der Waals surface area contributed by atoms with Crippen LogP contribution in [-0.2, 0) is 11.2 Å². The van der Waals surface area contributed by atoms with Crippen LogP contribution in [0, 0.1) is 0 Å². The summed E-state index contributed by atoms with van der Waals surface area (Å²) in [6, 6.07) is 9.89. The highest BCUT2D eigenvalue weighted by atomic mass is 35.5. The van der Waals surface area contributed by atoms with Crippen molar-refractivity contribution in [1.82, 2.24) is 5.32 Å². The normalized spacial score (nSPS) is 16.2. The van der Waals surface area contributed by atoms with Crippen molar-refractivity contribution in [1.29, 1.82) is 0 Å². The molecule has 24 heavy (non-hydrogen) atoms. The summed E-state index contributed by atoms with van der Waals surface area (Å²) in [5, 5.41) is 6.26. The topological polar surface area (TPSA) is 33.5 Å². The van der Waals surface area contributed by atoms with Gasteiger partial charge in [0.05, 0.1) is 30.9 Å². The quantitative estimate of drug-likeness (QED) is 0.789. The van der Waals surface area contributed by atoms with Crippen molar-refractivity contribution in [2.45, 2.75) is 25.3 Å². The summed E-state index contributed by atoms with van der Waals surface area (Å²) in [5.74, 6) is -0.0369. The Kier molecular flexibility index (Phi) is 6.17. The van der Waals surface area contributed by atoms with Crippen molar-refractivity contribution in [3.05, 3.63) is 56.2 Å². The number of likely N-dealkylation sites (tertiary alicyclic amines) is 1. The second-order valence-corrected chi connectivity index (χ2v) is 7.91. The van der Waals surface area contributed by atoms with E-state index in [0.29, 0.717) is 28.2 Å². The summed E-state index contributed by atoms with van der Waals surface area (Å²) in [6.07, 6.45) is 2.74. The molecule has 1 aromatic carbocycles. The number of hydrogen-bond acceptors (Lipinski definition) is 2. The number of benzene rings is 1. The van der Waals surface area contributed by atoms with E-state index in [4.69, 9.17) is 23.2 Å². The van der Waals surface area contributed by atoms with E-state index in [0.717, 1.165) is 0 Å². The van der Waals surface area contributed by atoms with Crippen LogP contribution >= 0.6 is 34.5 Å². The van der Waals surface area contributed by atoms with Crippen LogP contribution in [0.25, 0.3) is 0 Å². The monoisotopic (exact) mass is 383 g/mol. The van der Waals surface area contributed by atoms with Crippen LogP contribution in [0.5, 0.6) is 0 Å². The zero-order chi connectivity index (χ0) is 16.9. The molecule has 0 bridgehead atoms. The van der Waals surface area contributed by atoms with E-state index < -0.39 is 0 Å². The number of rotatable bonds is 6. The maximum atomic E-state index is 12.4. The molecule has 1 fully saturated rings. The largest absolute Gasteiger partial charge is 0.349 e. The molecule has 1 saturated heterocycles. The van der Waals surface area contributed by atoms with Gasteiger partial charge < -0.3 is 10.2 Å². The fourth-order valence-corrected chi connectivity index (χ4v) is 4.67. The Balaban J connectivity index is 1.63. The van der Waals surface area contributed by atoms with Crippen LogP contribution in [0.2, 0.25) is 10.0 Å². The molecule has 1 aliphatic heterocycles. The predicted octanol–water partition coefficient (Wildman–Crippen LogP) is 3.13. The van der Waals surface area contributed by atoms with Crippen LogP contribution in [0.3, 0.4) is 0 Å². The van der Waals surface area contributed by atoms with E-state index in [2.05, 4.69) is 22.8 Å². The molecule has 2 heterocycles. The van der Waals surface area contributed by atoms with Crippen molar-refractivity contribution >= 4 is 40.4 Å². The maximum Gasteiger partial charge on any atom is 0.224 e. The Bertz CT molecular complexity index is 664. The minimum atomic E-state index is -0.0369. The lowest BCUT2D eigenvalue weighted by Crippen LogP contribution is -3.11. The third-order valence-corrected chi connectivity index (χ3v) is 6.22. The van der Waals surface area contributed by atoms with Gasteiger partial charge in [-0.25, -0.2) is 0 Å². The van der Waals surface area contributed by atoms with Crippen molar-refractivity contribution in [3.63, 3.8) is 0 Å². The average Bonchev–Trinajstić information content (AvgIpc) is 3.25. The number of carbonyl (C=O) groups is 1. The zero-order valence-corrected chi connectivity index (χ0v) is 15.7. The van der Waals surface area contributed by atoms with Crippen LogP contribution in [0.1, 0.15) is 29.3 Å². The van der Waals surface area contributed by atoms with Gasteiger partial charge in [0.15, 0.2) is 0 Å². The smallest absolute Gasteiger partial charge is 0.224 e. The molecular formula is C18H21Cl2N2OS+. The van der Waals surface area contributed by atoms with Crippen LogP contribution in [0.15, 0.2) is 35.7 Å². The van der Waals surface area contributed by atoms with Crippen molar-refractivity contribution < 1.29 is 9.69 Å². The summed E-state index contributed by atoms with van der Waals surface area (Å²) in [4.78, 5) is 15.3. The lowest BCUT2D eigenvalue weighted by Gasteiger charge is -2.24. The number of quaternary nitrogens is 1. The van der Waals surface area contributed by atoms with Gasteiger partial charge in [0.25, 0.3) is 0 Å². The van der Waals surface area contributed by atoms with E-state index in [1.54, 1.807) is 34.4 Å². The van der Waals surface area contributed by atoms with Gasteiger partial charge >= 0.3 is 0 Å². The summed E-state index contributed by atoms with van der Waals surface area (Å²) < 4.78 is 0. The van der Waals surface area contributed by atoms with Gasteiger partial charge in [0.1, 0.15) is 6.04 Å². The molecule has 2 N–H and O–H groups in total. The summed E-state index contributed by atoms with van der Waals surface area (Å²) in [6.45, 7) is 3.00. The first-order chi connectivity index (χ1) is 11.6. The van der Waals surface area contributed by atoms with Gasteiger partial charge in [-0.3, -0.25) is 4.79 Å². The third kappa shape index (κ3) is 4.31. The zero-order valence-electron chi connectivity index (χ0n) is 13.4. The lowest BCUT2D eigenvalue weighted by atomic mass is 10.1. The number of carbonyl (C=O) groups excluding carboxylic acids is 1. The molecule has 3 rings (SSSR count). The fourth-order valence-electron chi connectivity index (χ4n) is 3.25. The highest BCUT2D eigenvalue weighted by Gasteiger charge is 2.28. The van der Waals surface area contributed by atoms with E-state index in [1.807, 2.05) is 0 Å². The highest BCUT2D eigenvalue weighted by molar-refractivity contribution is 7.10. The molecule has 0 spiro atoms. The minimum absolute atomic E-state index is 0.0369. The molecule has 0 saturated carbocycles. The maximum absolute atomic E-state index is 12.4. The molecule has 2 aromatic rings. The van der Waals surface area contributed by atoms with Crippen molar-refractivity contribution in [2.75, 3.05) is 19.6 Å². The molecule has 0 aliphatic carbocycles. The SMILES string of the molecule is O=C(Cc1c(Cl)cccc1Cl)NC[C@H](c1cccs1)[NH+]1CCCC1. The Morgan fingerprint density at radius 3 is 2.50 bits per heavy atom. The molecule has 1 aromatic heterocycles. The highest BCUT2D eigenvalue weighted by Crippen LogP contribution is 2.24. The van der Waals surface area contributed by atoms with Crippen molar-refractivity contribution in [2.24, 2.45) is 0 Å². The Morgan fingerprint density at radius 2 is 1.88 bits per heavy atom. The predicted molar refractivity (Wildman–Crippen MR) is 100 cm³/mol. The van der Waals surface area contributed by atoms with Gasteiger partial charge in [0.2, 0.25) is 5.91 Å². The number of amides is 1. The average molecular weight is 384 g/mol. The van der Waals surface area contributed by atoms with Gasteiger partial charge in [-0.15, -0.1) is 11.3 Å². The van der Waals surface area contributed by atoms with Gasteiger partial charge in [-0.1, -0.05) is 35.3 Å². The standard InChI is InChI=1S/C18H20Cl2N2OS/c19-14-5-3-6-15(20)13(14)11-18(23)21-12-16(17-7-4-10-24-17)22-8-1-2-9-22/h3-7,10,16H,1-2,8-9,11-12H2,(H,21,23)/p+1/t16-/m1/s1. The Labute approximate surface area is 156 Å². The second kappa shape index (κ2) is 8.34. The first kappa shape index (κ1) is 17.7. The minimum Gasteiger partial charge on any atom is -0.349 e. The molecule has 1 atom stereocenters. The lowest BCUT2D eigenvalue weighted by molar-refractivity contribution is -0.918. The summed E-state index contributed by atoms with van der Waals surface area (Å²) >= 11 is 14.1. The van der Waals surface area contributed by atoms with Gasteiger partial charge in [-0.05, 0) is 29.1 Å². The van der Waals surface area contributed by atoms with E-state index in [-0.39, 0.29) is 12.3 Å². The van der Waals surface area contributed by atoms with Gasteiger partial charge in [0, 0.05) is 22.9 Å². The number of thiophene rings is 1. The molecule has 0 unspecified atom stereocenters. The molecule has 1 aliphatic rings. The molecule has 1 amide bonds. The van der Waals surface area contributed by atoms with Crippen LogP contribution in [-0.4, -0.2) is 25.5 Å². The second-order valence-electron chi connectivity index (χ2n) is 6.11.